The van der Waals surface area contributed by atoms with Gasteiger partial charge >= 0.3 is 0 Å². The van der Waals surface area contributed by atoms with E-state index in [1.807, 2.05) is 6.07 Å². The van der Waals surface area contributed by atoms with Gasteiger partial charge in [-0.2, -0.15) is 0 Å². The highest BCUT2D eigenvalue weighted by Crippen LogP contribution is 2.33. The number of carbonyl (C=O) groups is 3. The zero-order valence-corrected chi connectivity index (χ0v) is 14.1. The Balaban J connectivity index is 1.69. The first-order valence-electron chi connectivity index (χ1n) is 8.71. The fraction of sp³-hybridized carbons (Fsp3) is 0.500. The minimum absolute atomic E-state index is 0.182. The Kier molecular flexibility index (Phi) is 5.33. The molecule has 7 nitrogen and oxygen atoms in total. The first kappa shape index (κ1) is 17.4. The van der Waals surface area contributed by atoms with Crippen molar-refractivity contribution in [1.29, 1.82) is 0 Å². The number of piperidine rings is 1. The van der Waals surface area contributed by atoms with E-state index >= 15 is 0 Å². The molecule has 3 amide bonds. The van der Waals surface area contributed by atoms with E-state index < -0.39 is 11.9 Å². The number of nitrogens with zero attached hydrogens (tertiary/aromatic N) is 1. The number of benzene rings is 1. The van der Waals surface area contributed by atoms with Gasteiger partial charge in [0.1, 0.15) is 11.8 Å². The van der Waals surface area contributed by atoms with E-state index in [0.717, 1.165) is 24.8 Å². The van der Waals surface area contributed by atoms with Crippen LogP contribution in [0, 0.1) is 0 Å². The minimum Gasteiger partial charge on any atom is -0.493 e. The van der Waals surface area contributed by atoms with Crippen molar-refractivity contribution in [2.75, 3.05) is 13.2 Å². The molecule has 0 bridgehead atoms. The Morgan fingerprint density at radius 2 is 2.04 bits per heavy atom. The number of nitrogens with two attached hydrogens (primary N) is 1. The Hall–Kier alpha value is -2.41. The van der Waals surface area contributed by atoms with Crippen LogP contribution in [0.2, 0.25) is 0 Å². The van der Waals surface area contributed by atoms with Crippen LogP contribution in [-0.4, -0.2) is 41.8 Å². The largest absolute Gasteiger partial charge is 0.493 e. The number of amides is 3. The van der Waals surface area contributed by atoms with Crippen molar-refractivity contribution in [2.45, 2.75) is 44.7 Å². The topological polar surface area (TPSA) is 102 Å². The molecule has 0 aliphatic carbocycles. The van der Waals surface area contributed by atoms with Crippen LogP contribution in [0.25, 0.3) is 0 Å². The molecule has 1 saturated heterocycles. The average molecular weight is 345 g/mol. The summed E-state index contributed by atoms with van der Waals surface area (Å²) in [5, 5.41) is 2.31. The van der Waals surface area contributed by atoms with E-state index in [1.54, 1.807) is 12.1 Å². The lowest BCUT2D eigenvalue weighted by molar-refractivity contribution is -0.136. The summed E-state index contributed by atoms with van der Waals surface area (Å²) in [6.07, 6.45) is 3.50. The monoisotopic (exact) mass is 345 g/mol. The first-order chi connectivity index (χ1) is 12.1. The molecule has 0 spiro atoms. The van der Waals surface area contributed by atoms with Gasteiger partial charge in [-0.3, -0.25) is 19.7 Å². The maximum atomic E-state index is 12.7. The van der Waals surface area contributed by atoms with Crippen LogP contribution in [0.1, 0.15) is 48.0 Å². The van der Waals surface area contributed by atoms with Gasteiger partial charge in [-0.15, -0.1) is 0 Å². The lowest BCUT2D eigenvalue weighted by atomic mass is 10.0. The molecule has 2 aliphatic heterocycles. The van der Waals surface area contributed by atoms with Crippen LogP contribution in [0.5, 0.6) is 5.75 Å². The summed E-state index contributed by atoms with van der Waals surface area (Å²) in [6, 6.07) is 4.79. The predicted molar refractivity (Wildman–Crippen MR) is 90.9 cm³/mol. The third-order valence-corrected chi connectivity index (χ3v) is 4.65. The van der Waals surface area contributed by atoms with Gasteiger partial charge in [-0.05, 0) is 44.4 Å². The van der Waals surface area contributed by atoms with Crippen molar-refractivity contribution in [3.8, 4) is 5.75 Å². The van der Waals surface area contributed by atoms with Crippen molar-refractivity contribution < 1.29 is 19.1 Å². The van der Waals surface area contributed by atoms with Gasteiger partial charge in [-0.25, -0.2) is 0 Å². The lowest BCUT2D eigenvalue weighted by Crippen LogP contribution is -2.52. The first-order valence-corrected chi connectivity index (χ1v) is 8.71. The van der Waals surface area contributed by atoms with E-state index in [1.165, 1.54) is 4.90 Å². The van der Waals surface area contributed by atoms with Crippen LogP contribution in [0.3, 0.4) is 0 Å². The number of hydrogen-bond acceptors (Lipinski definition) is 5. The highest BCUT2D eigenvalue weighted by Gasteiger charge is 2.40. The van der Waals surface area contributed by atoms with Gasteiger partial charge in [0.2, 0.25) is 11.8 Å². The van der Waals surface area contributed by atoms with E-state index in [2.05, 4.69) is 5.32 Å². The molecule has 7 heteroatoms. The average Bonchev–Trinajstić information content (AvgIpc) is 2.92. The fourth-order valence-corrected chi connectivity index (χ4v) is 3.30. The molecule has 1 aromatic carbocycles. The lowest BCUT2D eigenvalue weighted by Gasteiger charge is -2.29. The summed E-state index contributed by atoms with van der Waals surface area (Å²) in [6.45, 7) is 1.58. The molecule has 2 aliphatic rings. The summed E-state index contributed by atoms with van der Waals surface area (Å²) in [5.74, 6) is -0.181. The molecule has 2 heterocycles. The predicted octanol–water partition coefficient (Wildman–Crippen LogP) is 0.955. The zero-order valence-electron chi connectivity index (χ0n) is 14.1. The quantitative estimate of drug-likeness (QED) is 0.566. The fourth-order valence-electron chi connectivity index (χ4n) is 3.30. The summed E-state index contributed by atoms with van der Waals surface area (Å²) in [7, 11) is 0. The van der Waals surface area contributed by atoms with Gasteiger partial charge in [-0.1, -0.05) is 6.07 Å². The van der Waals surface area contributed by atoms with Crippen molar-refractivity contribution in [3.05, 3.63) is 29.3 Å². The summed E-state index contributed by atoms with van der Waals surface area (Å²) < 4.78 is 5.85. The van der Waals surface area contributed by atoms with Crippen molar-refractivity contribution in [2.24, 2.45) is 5.73 Å². The number of nitrogens with one attached hydrogen (secondary N) is 1. The van der Waals surface area contributed by atoms with E-state index in [-0.39, 0.29) is 18.2 Å². The van der Waals surface area contributed by atoms with Crippen LogP contribution in [0.15, 0.2) is 18.2 Å². The SMILES string of the molecule is NCCCCCOc1cccc2c1CN(C1CCC(=O)NC1=O)C2=O. The third kappa shape index (κ3) is 3.66. The standard InChI is InChI=1S/C18H23N3O4/c19-9-2-1-3-10-25-15-6-4-5-12-13(15)11-21(18(12)24)14-7-8-16(22)20-17(14)23/h4-6,14H,1-3,7-11,19H2,(H,20,22,23). The van der Waals surface area contributed by atoms with Crippen molar-refractivity contribution in [1.82, 2.24) is 10.2 Å². The van der Waals surface area contributed by atoms with Gasteiger partial charge < -0.3 is 15.4 Å². The van der Waals surface area contributed by atoms with Crippen LogP contribution in [0.4, 0.5) is 0 Å². The molecule has 3 rings (SSSR count). The van der Waals surface area contributed by atoms with Gasteiger partial charge in [0.05, 0.1) is 13.2 Å². The number of carbonyl (C=O) groups excluding carboxylic acids is 3. The molecular formula is C18H23N3O4. The Labute approximate surface area is 146 Å². The molecule has 25 heavy (non-hydrogen) atoms. The normalized spacial score (nSPS) is 19.8. The summed E-state index contributed by atoms with van der Waals surface area (Å²) >= 11 is 0. The van der Waals surface area contributed by atoms with Crippen LogP contribution >= 0.6 is 0 Å². The molecule has 1 unspecified atom stereocenters. The number of ether oxygens (including phenoxy) is 1. The number of hydrogen-bond donors (Lipinski definition) is 2. The third-order valence-electron chi connectivity index (χ3n) is 4.65. The number of fused-ring (bicyclic) bond motifs is 1. The van der Waals surface area contributed by atoms with Gasteiger partial charge in [0, 0.05) is 17.5 Å². The second kappa shape index (κ2) is 7.65. The Bertz CT molecular complexity index is 689. The summed E-state index contributed by atoms with van der Waals surface area (Å²) in [4.78, 5) is 37.6. The second-order valence-corrected chi connectivity index (χ2v) is 6.38. The molecule has 1 fully saturated rings. The highest BCUT2D eigenvalue weighted by molar-refractivity contribution is 6.05. The number of unbranched alkanes of at least 4 members (excludes halogenated alkanes) is 2. The van der Waals surface area contributed by atoms with Crippen molar-refractivity contribution in [3.63, 3.8) is 0 Å². The Morgan fingerprint density at radius 3 is 2.80 bits per heavy atom. The molecule has 1 aromatic rings. The van der Waals surface area contributed by atoms with Crippen LogP contribution < -0.4 is 15.8 Å². The highest BCUT2D eigenvalue weighted by atomic mass is 16.5. The second-order valence-electron chi connectivity index (χ2n) is 6.38. The van der Waals surface area contributed by atoms with Gasteiger partial charge in [0.15, 0.2) is 0 Å². The molecule has 134 valence electrons. The summed E-state index contributed by atoms with van der Waals surface area (Å²) in [5.41, 5.74) is 6.87. The molecular weight excluding hydrogens is 322 g/mol. The van der Waals surface area contributed by atoms with E-state index in [4.69, 9.17) is 10.5 Å². The van der Waals surface area contributed by atoms with E-state index in [0.29, 0.717) is 37.4 Å². The molecule has 0 aromatic heterocycles. The maximum Gasteiger partial charge on any atom is 0.255 e. The van der Waals surface area contributed by atoms with Crippen molar-refractivity contribution >= 4 is 17.7 Å². The maximum absolute atomic E-state index is 12.7. The number of rotatable bonds is 7. The number of imide groups is 1. The zero-order chi connectivity index (χ0) is 17.8. The molecule has 0 saturated carbocycles. The Morgan fingerprint density at radius 1 is 1.20 bits per heavy atom. The molecule has 0 radical (unpaired) electrons. The van der Waals surface area contributed by atoms with Gasteiger partial charge in [0.25, 0.3) is 5.91 Å². The molecule has 3 N–H and O–H groups in total. The molecule has 1 atom stereocenters. The van der Waals surface area contributed by atoms with E-state index in [9.17, 15) is 14.4 Å². The smallest absolute Gasteiger partial charge is 0.255 e. The minimum atomic E-state index is -0.602. The van der Waals surface area contributed by atoms with Crippen LogP contribution in [-0.2, 0) is 16.1 Å².